The number of nitrogens with zero attached hydrogens (tertiary/aromatic N) is 5. The van der Waals surface area contributed by atoms with Gasteiger partial charge in [-0.3, -0.25) is 0 Å². The minimum absolute atomic E-state index is 0.667. The van der Waals surface area contributed by atoms with Crippen molar-refractivity contribution in [1.82, 2.24) is 15.0 Å². The van der Waals surface area contributed by atoms with Crippen molar-refractivity contribution >= 4 is 17.8 Å². The first-order valence-corrected chi connectivity index (χ1v) is 10.4. The van der Waals surface area contributed by atoms with Gasteiger partial charge < -0.3 is 19.9 Å². The number of benzene rings is 1. The van der Waals surface area contributed by atoms with E-state index in [0.29, 0.717) is 5.95 Å². The number of ether oxygens (including phenoxy) is 1. The molecule has 0 spiro atoms. The molecule has 28 heavy (non-hydrogen) atoms. The molecule has 0 saturated carbocycles. The fourth-order valence-corrected chi connectivity index (χ4v) is 3.92. The van der Waals surface area contributed by atoms with E-state index in [4.69, 9.17) is 9.72 Å². The lowest BCUT2D eigenvalue weighted by molar-refractivity contribution is 0.122. The van der Waals surface area contributed by atoms with E-state index in [0.717, 1.165) is 70.2 Å². The van der Waals surface area contributed by atoms with Crippen LogP contribution in [0.2, 0.25) is 0 Å². The highest BCUT2D eigenvalue weighted by Crippen LogP contribution is 2.25. The number of nitrogens with one attached hydrogen (secondary N) is 1. The molecule has 150 valence electrons. The smallest absolute Gasteiger partial charge is 0.232 e. The van der Waals surface area contributed by atoms with Gasteiger partial charge in [0.15, 0.2) is 0 Å². The van der Waals surface area contributed by atoms with E-state index in [2.05, 4.69) is 62.3 Å². The quantitative estimate of drug-likeness (QED) is 0.824. The van der Waals surface area contributed by atoms with Crippen LogP contribution in [0.3, 0.4) is 0 Å². The van der Waals surface area contributed by atoms with E-state index in [1.807, 2.05) is 0 Å². The minimum atomic E-state index is 0.667. The van der Waals surface area contributed by atoms with Gasteiger partial charge in [0.25, 0.3) is 0 Å². The van der Waals surface area contributed by atoms with Crippen molar-refractivity contribution < 1.29 is 4.74 Å². The van der Waals surface area contributed by atoms with Gasteiger partial charge in [-0.15, -0.1) is 0 Å². The van der Waals surface area contributed by atoms with Crippen LogP contribution in [-0.2, 0) is 11.2 Å². The van der Waals surface area contributed by atoms with Crippen LogP contribution in [0.1, 0.15) is 25.3 Å². The summed E-state index contributed by atoms with van der Waals surface area (Å²) in [5.41, 5.74) is 1.44. The molecule has 7 heteroatoms. The Kier molecular flexibility index (Phi) is 6.21. The number of piperidine rings is 1. The van der Waals surface area contributed by atoms with Crippen LogP contribution in [0.15, 0.2) is 30.3 Å². The molecule has 3 heterocycles. The van der Waals surface area contributed by atoms with E-state index < -0.39 is 0 Å². The Labute approximate surface area is 167 Å². The second-order valence-electron chi connectivity index (χ2n) is 7.51. The van der Waals surface area contributed by atoms with Gasteiger partial charge in [0.05, 0.1) is 13.2 Å². The Balaban J connectivity index is 1.44. The molecule has 2 fully saturated rings. The Morgan fingerprint density at radius 1 is 0.929 bits per heavy atom. The van der Waals surface area contributed by atoms with Crippen molar-refractivity contribution in [3.05, 3.63) is 35.9 Å². The average molecular weight is 383 g/mol. The van der Waals surface area contributed by atoms with Gasteiger partial charge >= 0.3 is 0 Å². The molecule has 2 saturated heterocycles. The molecule has 1 aromatic carbocycles. The molecule has 2 aliphatic heterocycles. The first kappa shape index (κ1) is 18.9. The minimum Gasteiger partial charge on any atom is -0.378 e. The molecule has 2 aromatic rings. The lowest BCUT2D eigenvalue weighted by atomic mass is 9.90. The first-order chi connectivity index (χ1) is 13.8. The third-order valence-electron chi connectivity index (χ3n) is 5.51. The summed E-state index contributed by atoms with van der Waals surface area (Å²) in [7, 11) is 0. The van der Waals surface area contributed by atoms with Crippen LogP contribution < -0.4 is 15.1 Å². The van der Waals surface area contributed by atoms with Crippen molar-refractivity contribution in [3.8, 4) is 0 Å². The van der Waals surface area contributed by atoms with Crippen molar-refractivity contribution in [2.24, 2.45) is 5.92 Å². The zero-order valence-corrected chi connectivity index (χ0v) is 16.7. The summed E-state index contributed by atoms with van der Waals surface area (Å²) < 4.78 is 5.47. The van der Waals surface area contributed by atoms with Crippen molar-refractivity contribution in [1.29, 1.82) is 0 Å². The van der Waals surface area contributed by atoms with Crippen LogP contribution >= 0.6 is 0 Å². The maximum Gasteiger partial charge on any atom is 0.232 e. The molecule has 0 unspecified atom stereocenters. The lowest BCUT2D eigenvalue weighted by Crippen LogP contribution is -2.39. The Morgan fingerprint density at radius 3 is 2.21 bits per heavy atom. The van der Waals surface area contributed by atoms with E-state index in [9.17, 15) is 0 Å². The fourth-order valence-electron chi connectivity index (χ4n) is 3.92. The standard InChI is InChI=1S/C21H30N6O/c1-2-22-19-23-20(25-21(24-19)27-12-14-28-15-13-27)26-10-8-18(9-11-26)16-17-6-4-3-5-7-17/h3-7,18H,2,8-16H2,1H3,(H,22,23,24,25). The van der Waals surface area contributed by atoms with Crippen molar-refractivity contribution in [2.45, 2.75) is 26.2 Å². The largest absolute Gasteiger partial charge is 0.378 e. The zero-order valence-electron chi connectivity index (χ0n) is 16.7. The molecule has 0 atom stereocenters. The van der Waals surface area contributed by atoms with Crippen molar-refractivity contribution in [3.63, 3.8) is 0 Å². The van der Waals surface area contributed by atoms with Crippen molar-refractivity contribution in [2.75, 3.05) is 61.1 Å². The molecule has 1 N–H and O–H groups in total. The first-order valence-electron chi connectivity index (χ1n) is 10.4. The predicted octanol–water partition coefficient (Wildman–Crippen LogP) is 2.60. The molecule has 1 aromatic heterocycles. The molecule has 0 bridgehead atoms. The number of hydrogen-bond donors (Lipinski definition) is 1. The molecular weight excluding hydrogens is 352 g/mol. The SMILES string of the molecule is CCNc1nc(N2CCOCC2)nc(N2CCC(Cc3ccccc3)CC2)n1. The number of hydrogen-bond acceptors (Lipinski definition) is 7. The molecule has 0 radical (unpaired) electrons. The van der Waals surface area contributed by atoms with Gasteiger partial charge in [-0.05, 0) is 37.7 Å². The summed E-state index contributed by atoms with van der Waals surface area (Å²) in [6.45, 7) is 7.95. The van der Waals surface area contributed by atoms with Crippen LogP contribution in [0.4, 0.5) is 17.8 Å². The second kappa shape index (κ2) is 9.19. The molecule has 4 rings (SSSR count). The summed E-state index contributed by atoms with van der Waals surface area (Å²) in [5.74, 6) is 2.95. The van der Waals surface area contributed by atoms with Gasteiger partial charge in [0, 0.05) is 32.7 Å². The number of morpholine rings is 1. The van der Waals surface area contributed by atoms with Gasteiger partial charge in [-0.1, -0.05) is 30.3 Å². The second-order valence-corrected chi connectivity index (χ2v) is 7.51. The molecule has 0 aliphatic carbocycles. The van der Waals surface area contributed by atoms with E-state index >= 15 is 0 Å². The third-order valence-corrected chi connectivity index (χ3v) is 5.51. The summed E-state index contributed by atoms with van der Waals surface area (Å²) in [4.78, 5) is 18.6. The maximum atomic E-state index is 5.47. The summed E-state index contributed by atoms with van der Waals surface area (Å²) in [6, 6.07) is 10.8. The molecule has 7 nitrogen and oxygen atoms in total. The highest BCUT2D eigenvalue weighted by atomic mass is 16.5. The molecule has 0 amide bonds. The van der Waals surface area contributed by atoms with Crippen LogP contribution in [0.5, 0.6) is 0 Å². The Hall–Kier alpha value is -2.41. The van der Waals surface area contributed by atoms with Gasteiger partial charge in [0.2, 0.25) is 17.8 Å². The zero-order chi connectivity index (χ0) is 19.2. The third kappa shape index (κ3) is 4.70. The maximum absolute atomic E-state index is 5.47. The number of anilines is 3. The normalized spacial score (nSPS) is 18.3. The van der Waals surface area contributed by atoms with Gasteiger partial charge in [0.1, 0.15) is 0 Å². The van der Waals surface area contributed by atoms with E-state index in [1.165, 1.54) is 18.4 Å². The number of rotatable bonds is 6. The Morgan fingerprint density at radius 2 is 1.57 bits per heavy atom. The predicted molar refractivity (Wildman–Crippen MR) is 112 cm³/mol. The fraction of sp³-hybridized carbons (Fsp3) is 0.571. The van der Waals surface area contributed by atoms with Crippen LogP contribution in [0, 0.1) is 5.92 Å². The van der Waals surface area contributed by atoms with Gasteiger partial charge in [-0.2, -0.15) is 15.0 Å². The van der Waals surface area contributed by atoms with Crippen LogP contribution in [-0.4, -0.2) is 60.9 Å². The summed E-state index contributed by atoms with van der Waals surface area (Å²) in [6.07, 6.45) is 3.50. The average Bonchev–Trinajstić information content (AvgIpc) is 2.76. The molecular formula is C21H30N6O. The van der Waals surface area contributed by atoms with Crippen LogP contribution in [0.25, 0.3) is 0 Å². The highest BCUT2D eigenvalue weighted by molar-refractivity contribution is 5.45. The monoisotopic (exact) mass is 382 g/mol. The number of aromatic nitrogens is 3. The van der Waals surface area contributed by atoms with E-state index in [-0.39, 0.29) is 0 Å². The summed E-state index contributed by atoms with van der Waals surface area (Å²) in [5, 5.41) is 3.26. The van der Waals surface area contributed by atoms with Gasteiger partial charge in [-0.25, -0.2) is 0 Å². The topological polar surface area (TPSA) is 66.4 Å². The Bertz CT molecular complexity index is 742. The summed E-state index contributed by atoms with van der Waals surface area (Å²) >= 11 is 0. The van der Waals surface area contributed by atoms with E-state index in [1.54, 1.807) is 0 Å². The molecule has 2 aliphatic rings. The highest BCUT2D eigenvalue weighted by Gasteiger charge is 2.24. The lowest BCUT2D eigenvalue weighted by Gasteiger charge is -2.33.